The Balaban J connectivity index is 2.21. The minimum atomic E-state index is 0.0639. The molecule has 3 nitrogen and oxygen atoms in total. The summed E-state index contributed by atoms with van der Waals surface area (Å²) in [4.78, 5) is 11.3. The fourth-order valence-electron chi connectivity index (χ4n) is 1.46. The van der Waals surface area contributed by atoms with Crippen molar-refractivity contribution in [1.29, 1.82) is 0 Å². The topological polar surface area (TPSA) is 32.3 Å². The third-order valence-electron chi connectivity index (χ3n) is 2.27. The fraction of sp³-hybridized carbons (Fsp3) is 0.300. The lowest BCUT2D eigenvalue weighted by atomic mass is 10.2. The lowest BCUT2D eigenvalue weighted by molar-refractivity contribution is -0.121. The van der Waals surface area contributed by atoms with Crippen molar-refractivity contribution >= 4 is 27.5 Å². The van der Waals surface area contributed by atoms with Gasteiger partial charge >= 0.3 is 0 Å². The molecule has 1 N–H and O–H groups in total. The minimum Gasteiger partial charge on any atom is -0.285 e. The summed E-state index contributed by atoms with van der Waals surface area (Å²) in [6.07, 6.45) is 0. The number of hydrogen-bond acceptors (Lipinski definition) is 2. The van der Waals surface area contributed by atoms with Gasteiger partial charge < -0.3 is 0 Å². The van der Waals surface area contributed by atoms with E-state index in [4.69, 9.17) is 0 Å². The number of benzene rings is 1. The predicted octanol–water partition coefficient (Wildman–Crippen LogP) is 1.94. The van der Waals surface area contributed by atoms with Crippen LogP contribution in [0.1, 0.15) is 6.92 Å². The van der Waals surface area contributed by atoms with Gasteiger partial charge in [-0.3, -0.25) is 15.2 Å². The molecule has 1 aromatic carbocycles. The van der Waals surface area contributed by atoms with Crippen LogP contribution in [0, 0.1) is 5.92 Å². The van der Waals surface area contributed by atoms with Gasteiger partial charge in [0.1, 0.15) is 0 Å². The number of nitrogens with one attached hydrogen (secondary N) is 1. The molecule has 1 fully saturated rings. The lowest BCUT2D eigenvalue weighted by Crippen LogP contribution is -2.32. The zero-order valence-corrected chi connectivity index (χ0v) is 9.41. The molecule has 2 rings (SSSR count). The highest BCUT2D eigenvalue weighted by Gasteiger charge is 2.26. The molecule has 14 heavy (non-hydrogen) atoms. The van der Waals surface area contributed by atoms with Gasteiger partial charge in [-0.15, -0.1) is 0 Å². The van der Waals surface area contributed by atoms with Crippen molar-refractivity contribution in [2.24, 2.45) is 5.92 Å². The van der Waals surface area contributed by atoms with Crippen LogP contribution < -0.4 is 10.4 Å². The Morgan fingerprint density at radius 3 is 2.93 bits per heavy atom. The maximum atomic E-state index is 11.3. The van der Waals surface area contributed by atoms with E-state index in [1.54, 1.807) is 0 Å². The SMILES string of the molecule is CC1CN(c2cccc(Br)c2)NC1=O. The summed E-state index contributed by atoms with van der Waals surface area (Å²) in [6.45, 7) is 2.66. The van der Waals surface area contributed by atoms with Crippen LogP contribution >= 0.6 is 15.9 Å². The van der Waals surface area contributed by atoms with E-state index >= 15 is 0 Å². The number of hydrazine groups is 1. The second kappa shape index (κ2) is 3.61. The van der Waals surface area contributed by atoms with Gasteiger partial charge in [0, 0.05) is 4.47 Å². The number of amides is 1. The molecule has 1 saturated heterocycles. The summed E-state index contributed by atoms with van der Waals surface area (Å²) in [6, 6.07) is 7.88. The van der Waals surface area contributed by atoms with E-state index in [2.05, 4.69) is 21.4 Å². The average Bonchev–Trinajstić information content (AvgIpc) is 2.47. The molecule has 1 amide bonds. The van der Waals surface area contributed by atoms with E-state index in [9.17, 15) is 4.79 Å². The molecule has 1 aliphatic heterocycles. The molecule has 4 heteroatoms. The van der Waals surface area contributed by atoms with Crippen LogP contribution in [-0.4, -0.2) is 12.5 Å². The van der Waals surface area contributed by atoms with E-state index < -0.39 is 0 Å². The number of halogens is 1. The molecule has 0 bridgehead atoms. The Kier molecular flexibility index (Phi) is 2.46. The molecule has 1 aliphatic rings. The Morgan fingerprint density at radius 1 is 1.57 bits per heavy atom. The maximum Gasteiger partial charge on any atom is 0.243 e. The maximum absolute atomic E-state index is 11.3. The van der Waals surface area contributed by atoms with Crippen LogP contribution in [0.25, 0.3) is 0 Å². The zero-order valence-electron chi connectivity index (χ0n) is 7.83. The van der Waals surface area contributed by atoms with Crippen molar-refractivity contribution in [3.63, 3.8) is 0 Å². The normalized spacial score (nSPS) is 21.1. The molecule has 74 valence electrons. The van der Waals surface area contributed by atoms with Crippen LogP contribution in [0.3, 0.4) is 0 Å². The summed E-state index contributed by atoms with van der Waals surface area (Å²) < 4.78 is 1.02. The Bertz CT molecular complexity index is 367. The highest BCUT2D eigenvalue weighted by atomic mass is 79.9. The largest absolute Gasteiger partial charge is 0.285 e. The second-order valence-corrected chi connectivity index (χ2v) is 4.38. The van der Waals surface area contributed by atoms with Crippen LogP contribution in [0.2, 0.25) is 0 Å². The van der Waals surface area contributed by atoms with Gasteiger partial charge in [0.05, 0.1) is 18.2 Å². The number of rotatable bonds is 1. The molecular formula is C10H11BrN2O. The van der Waals surface area contributed by atoms with E-state index in [-0.39, 0.29) is 11.8 Å². The summed E-state index contributed by atoms with van der Waals surface area (Å²) in [5.74, 6) is 0.152. The van der Waals surface area contributed by atoms with E-state index in [0.717, 1.165) is 16.7 Å². The van der Waals surface area contributed by atoms with Crippen molar-refractivity contribution < 1.29 is 4.79 Å². The smallest absolute Gasteiger partial charge is 0.243 e. The first-order chi connectivity index (χ1) is 6.66. The van der Waals surface area contributed by atoms with Gasteiger partial charge in [0.2, 0.25) is 5.91 Å². The molecule has 0 radical (unpaired) electrons. The van der Waals surface area contributed by atoms with E-state index in [1.807, 2.05) is 36.2 Å². The summed E-state index contributed by atoms with van der Waals surface area (Å²) in [5.41, 5.74) is 3.83. The standard InChI is InChI=1S/C10H11BrN2O/c1-7-6-13(12-10(7)14)9-4-2-3-8(11)5-9/h2-5,7H,6H2,1H3,(H,12,14). The summed E-state index contributed by atoms with van der Waals surface area (Å²) in [7, 11) is 0. The quantitative estimate of drug-likeness (QED) is 0.831. The van der Waals surface area contributed by atoms with Crippen molar-refractivity contribution in [3.05, 3.63) is 28.7 Å². The minimum absolute atomic E-state index is 0.0639. The molecule has 1 unspecified atom stereocenters. The molecule has 1 aromatic rings. The number of carbonyl (C=O) groups is 1. The first-order valence-electron chi connectivity index (χ1n) is 4.50. The van der Waals surface area contributed by atoms with E-state index in [1.165, 1.54) is 0 Å². The average molecular weight is 255 g/mol. The molecule has 0 aliphatic carbocycles. The highest BCUT2D eigenvalue weighted by Crippen LogP contribution is 2.21. The van der Waals surface area contributed by atoms with Gasteiger partial charge in [-0.25, -0.2) is 0 Å². The van der Waals surface area contributed by atoms with Gasteiger partial charge in [0.15, 0.2) is 0 Å². The predicted molar refractivity (Wildman–Crippen MR) is 58.8 cm³/mol. The van der Waals surface area contributed by atoms with Crippen LogP contribution in [0.4, 0.5) is 5.69 Å². The first-order valence-corrected chi connectivity index (χ1v) is 5.30. The number of carbonyl (C=O) groups excluding carboxylic acids is 1. The van der Waals surface area contributed by atoms with Crippen LogP contribution in [-0.2, 0) is 4.79 Å². The van der Waals surface area contributed by atoms with E-state index in [0.29, 0.717) is 0 Å². The molecule has 1 heterocycles. The number of nitrogens with zero attached hydrogens (tertiary/aromatic N) is 1. The van der Waals surface area contributed by atoms with Crippen LogP contribution in [0.5, 0.6) is 0 Å². The highest BCUT2D eigenvalue weighted by molar-refractivity contribution is 9.10. The molecule has 0 aromatic heterocycles. The zero-order chi connectivity index (χ0) is 10.1. The Hall–Kier alpha value is -1.03. The van der Waals surface area contributed by atoms with Crippen LogP contribution in [0.15, 0.2) is 28.7 Å². The van der Waals surface area contributed by atoms with Crippen molar-refractivity contribution in [2.75, 3.05) is 11.6 Å². The molecular weight excluding hydrogens is 244 g/mol. The summed E-state index contributed by atoms with van der Waals surface area (Å²) in [5, 5.41) is 1.87. The van der Waals surface area contributed by atoms with Gasteiger partial charge in [-0.2, -0.15) is 0 Å². The van der Waals surface area contributed by atoms with Crippen molar-refractivity contribution in [2.45, 2.75) is 6.92 Å². The third kappa shape index (κ3) is 1.75. The third-order valence-corrected chi connectivity index (χ3v) is 2.76. The van der Waals surface area contributed by atoms with Crippen molar-refractivity contribution in [3.8, 4) is 0 Å². The monoisotopic (exact) mass is 254 g/mol. The Morgan fingerprint density at radius 2 is 2.36 bits per heavy atom. The van der Waals surface area contributed by atoms with Gasteiger partial charge in [0.25, 0.3) is 0 Å². The first kappa shape index (κ1) is 9.52. The lowest BCUT2D eigenvalue weighted by Gasteiger charge is -2.17. The summed E-state index contributed by atoms with van der Waals surface area (Å²) >= 11 is 3.40. The van der Waals surface area contributed by atoms with Gasteiger partial charge in [-0.05, 0) is 18.2 Å². The molecule has 1 atom stereocenters. The van der Waals surface area contributed by atoms with Gasteiger partial charge in [-0.1, -0.05) is 28.9 Å². The fourth-order valence-corrected chi connectivity index (χ4v) is 1.85. The number of hydrogen-bond donors (Lipinski definition) is 1. The molecule has 0 saturated carbocycles. The Labute approximate surface area is 91.2 Å². The number of anilines is 1. The van der Waals surface area contributed by atoms with Crippen molar-refractivity contribution in [1.82, 2.24) is 5.43 Å². The second-order valence-electron chi connectivity index (χ2n) is 3.47. The molecule has 0 spiro atoms.